The first-order chi connectivity index (χ1) is 15.2. The number of carbonyl (C=O) groups excluding carboxylic acids is 1. The average molecular weight is 415 g/mol. The van der Waals surface area contributed by atoms with E-state index in [4.69, 9.17) is 4.74 Å². The Bertz CT molecular complexity index is 1210. The molecule has 1 aliphatic heterocycles. The van der Waals surface area contributed by atoms with Crippen LogP contribution in [0.1, 0.15) is 23.3 Å². The molecule has 1 fully saturated rings. The molecule has 31 heavy (non-hydrogen) atoms. The molecule has 2 aromatic carbocycles. The molecule has 2 aromatic heterocycles. The molecule has 0 spiro atoms. The Kier molecular flexibility index (Phi) is 5.12. The van der Waals surface area contributed by atoms with Crippen molar-refractivity contribution in [3.63, 3.8) is 0 Å². The van der Waals surface area contributed by atoms with E-state index in [1.807, 2.05) is 41.3 Å². The summed E-state index contributed by atoms with van der Waals surface area (Å²) >= 11 is 0. The molecule has 1 aliphatic rings. The summed E-state index contributed by atoms with van der Waals surface area (Å²) in [6.07, 6.45) is 5.13. The third-order valence-corrected chi connectivity index (χ3v) is 5.71. The number of hydrogen-bond donors (Lipinski definition) is 1. The molecule has 1 amide bonds. The first kappa shape index (κ1) is 19.3. The van der Waals surface area contributed by atoms with E-state index in [9.17, 15) is 9.18 Å². The molecule has 1 N–H and O–H groups in total. The van der Waals surface area contributed by atoms with Gasteiger partial charge in [-0.15, -0.1) is 0 Å². The van der Waals surface area contributed by atoms with Crippen LogP contribution in [0.5, 0.6) is 5.75 Å². The van der Waals surface area contributed by atoms with E-state index < -0.39 is 0 Å². The number of fused-ring (bicyclic) bond motifs is 1. The van der Waals surface area contributed by atoms with E-state index in [-0.39, 0.29) is 17.8 Å². The number of amides is 1. The quantitative estimate of drug-likeness (QED) is 0.507. The van der Waals surface area contributed by atoms with Crippen LogP contribution in [0.2, 0.25) is 0 Å². The molecule has 6 heteroatoms. The van der Waals surface area contributed by atoms with Gasteiger partial charge in [0.15, 0.2) is 0 Å². The second kappa shape index (κ2) is 8.22. The predicted molar refractivity (Wildman–Crippen MR) is 117 cm³/mol. The van der Waals surface area contributed by atoms with Crippen LogP contribution < -0.4 is 4.74 Å². The maximum absolute atomic E-state index is 13.1. The smallest absolute Gasteiger partial charge is 0.270 e. The van der Waals surface area contributed by atoms with Crippen LogP contribution >= 0.6 is 0 Å². The molecule has 4 aromatic rings. The lowest BCUT2D eigenvalue weighted by molar-refractivity contribution is 0.0593. The van der Waals surface area contributed by atoms with Crippen LogP contribution in [0.25, 0.3) is 22.0 Å². The Hall–Kier alpha value is -3.67. The topological polar surface area (TPSA) is 58.2 Å². The number of likely N-dealkylation sites (tertiary alicyclic amines) is 1. The molecule has 156 valence electrons. The van der Waals surface area contributed by atoms with Crippen molar-refractivity contribution in [2.75, 3.05) is 13.1 Å². The minimum atomic E-state index is -0.278. The number of nitrogens with one attached hydrogen (secondary N) is 1. The number of pyridine rings is 1. The van der Waals surface area contributed by atoms with E-state index in [0.29, 0.717) is 18.8 Å². The number of H-pyrrole nitrogens is 1. The normalized spacial score (nSPS) is 14.7. The minimum absolute atomic E-state index is 0.0290. The molecule has 0 aliphatic carbocycles. The van der Waals surface area contributed by atoms with Gasteiger partial charge >= 0.3 is 0 Å². The Labute approximate surface area is 179 Å². The van der Waals surface area contributed by atoms with E-state index in [0.717, 1.165) is 40.6 Å². The molecule has 0 radical (unpaired) electrons. The first-order valence-corrected chi connectivity index (χ1v) is 10.4. The predicted octanol–water partition coefficient (Wildman–Crippen LogP) is 5.05. The second-order valence-electron chi connectivity index (χ2n) is 7.75. The average Bonchev–Trinajstić information content (AvgIpc) is 3.30. The lowest BCUT2D eigenvalue weighted by atomic mass is 10.1. The molecular weight excluding hydrogens is 393 g/mol. The zero-order valence-corrected chi connectivity index (χ0v) is 16.9. The van der Waals surface area contributed by atoms with Crippen LogP contribution in [0, 0.1) is 5.82 Å². The van der Waals surface area contributed by atoms with Crippen molar-refractivity contribution in [2.45, 2.75) is 18.9 Å². The molecule has 5 rings (SSSR count). The highest BCUT2D eigenvalue weighted by Crippen LogP contribution is 2.27. The molecule has 1 saturated heterocycles. The van der Waals surface area contributed by atoms with Crippen LogP contribution in [0.4, 0.5) is 4.39 Å². The summed E-state index contributed by atoms with van der Waals surface area (Å²) in [5.74, 6) is 0.481. The van der Waals surface area contributed by atoms with Crippen molar-refractivity contribution < 1.29 is 13.9 Å². The van der Waals surface area contributed by atoms with Crippen molar-refractivity contribution in [2.24, 2.45) is 0 Å². The summed E-state index contributed by atoms with van der Waals surface area (Å²) in [7, 11) is 0. The summed E-state index contributed by atoms with van der Waals surface area (Å²) < 4.78 is 19.4. The van der Waals surface area contributed by atoms with Crippen LogP contribution in [0.15, 0.2) is 73.1 Å². The van der Waals surface area contributed by atoms with Gasteiger partial charge in [-0.3, -0.25) is 9.78 Å². The maximum atomic E-state index is 13.1. The number of hydrogen-bond acceptors (Lipinski definition) is 3. The van der Waals surface area contributed by atoms with Gasteiger partial charge in [-0.05, 0) is 41.5 Å². The summed E-state index contributed by atoms with van der Waals surface area (Å²) in [6.45, 7) is 1.26. The third kappa shape index (κ3) is 4.01. The fraction of sp³-hybridized carbons (Fsp3) is 0.200. The van der Waals surface area contributed by atoms with Gasteiger partial charge in [-0.25, -0.2) is 4.39 Å². The van der Waals surface area contributed by atoms with Crippen LogP contribution in [-0.4, -0.2) is 40.0 Å². The Morgan fingerprint density at radius 1 is 1.03 bits per heavy atom. The van der Waals surface area contributed by atoms with Crippen molar-refractivity contribution in [1.29, 1.82) is 0 Å². The van der Waals surface area contributed by atoms with Crippen molar-refractivity contribution in [1.82, 2.24) is 14.9 Å². The van der Waals surface area contributed by atoms with E-state index in [1.165, 1.54) is 12.1 Å². The Balaban J connectivity index is 1.22. The van der Waals surface area contributed by atoms with Crippen molar-refractivity contribution in [3.05, 3.63) is 84.6 Å². The van der Waals surface area contributed by atoms with Gasteiger partial charge in [0.2, 0.25) is 0 Å². The molecule has 3 heterocycles. The maximum Gasteiger partial charge on any atom is 0.270 e. The highest BCUT2D eigenvalue weighted by atomic mass is 19.1. The molecule has 0 bridgehead atoms. The van der Waals surface area contributed by atoms with Gasteiger partial charge in [-0.2, -0.15) is 0 Å². The highest BCUT2D eigenvalue weighted by molar-refractivity contribution is 5.94. The van der Waals surface area contributed by atoms with Crippen LogP contribution in [-0.2, 0) is 0 Å². The zero-order chi connectivity index (χ0) is 21.2. The summed E-state index contributed by atoms with van der Waals surface area (Å²) in [4.78, 5) is 22.3. The van der Waals surface area contributed by atoms with E-state index in [1.54, 1.807) is 24.5 Å². The van der Waals surface area contributed by atoms with E-state index in [2.05, 4.69) is 9.97 Å². The van der Waals surface area contributed by atoms with Crippen molar-refractivity contribution >= 4 is 16.8 Å². The number of carbonyl (C=O) groups is 1. The minimum Gasteiger partial charge on any atom is -0.488 e. The molecule has 0 saturated carbocycles. The summed E-state index contributed by atoms with van der Waals surface area (Å²) in [5.41, 5.74) is 3.14. The Morgan fingerprint density at radius 3 is 2.61 bits per heavy atom. The number of halogens is 1. The van der Waals surface area contributed by atoms with Gasteiger partial charge in [0.25, 0.3) is 5.91 Å². The number of aromatic amines is 1. The Morgan fingerprint density at radius 2 is 1.81 bits per heavy atom. The van der Waals surface area contributed by atoms with Gasteiger partial charge in [0, 0.05) is 43.7 Å². The summed E-state index contributed by atoms with van der Waals surface area (Å²) in [6, 6.07) is 17.9. The summed E-state index contributed by atoms with van der Waals surface area (Å²) in [5, 5.41) is 1.05. The number of para-hydroxylation sites is 1. The second-order valence-corrected chi connectivity index (χ2v) is 7.75. The number of benzene rings is 2. The monoisotopic (exact) mass is 415 g/mol. The SMILES string of the molecule is O=C(c1cc(-c2ccc(F)cc2)c[nH]1)N1CCC(Oc2cccc3cccnc23)CC1. The van der Waals surface area contributed by atoms with Gasteiger partial charge in [0.05, 0.1) is 0 Å². The fourth-order valence-corrected chi connectivity index (χ4v) is 4.02. The van der Waals surface area contributed by atoms with Gasteiger partial charge in [-0.1, -0.05) is 30.3 Å². The first-order valence-electron chi connectivity index (χ1n) is 10.4. The molecule has 5 nitrogen and oxygen atoms in total. The standard InChI is InChI=1S/C25H22FN3O2/c26-20-8-6-17(7-9-20)19-15-22(28-16-19)25(30)29-13-10-21(11-14-29)31-23-5-1-3-18-4-2-12-27-24(18)23/h1-9,12,15-16,21,28H,10-11,13-14H2. The number of ether oxygens (including phenoxy) is 1. The lowest BCUT2D eigenvalue weighted by Crippen LogP contribution is -2.41. The number of aromatic nitrogens is 2. The van der Waals surface area contributed by atoms with Crippen LogP contribution in [0.3, 0.4) is 0 Å². The largest absolute Gasteiger partial charge is 0.488 e. The number of nitrogens with zero attached hydrogens (tertiary/aromatic N) is 2. The fourth-order valence-electron chi connectivity index (χ4n) is 4.02. The zero-order valence-electron chi connectivity index (χ0n) is 16.9. The molecule has 0 unspecified atom stereocenters. The highest BCUT2D eigenvalue weighted by Gasteiger charge is 2.26. The van der Waals surface area contributed by atoms with E-state index >= 15 is 0 Å². The van der Waals surface area contributed by atoms with Gasteiger partial charge in [0.1, 0.15) is 28.9 Å². The van der Waals surface area contributed by atoms with Gasteiger partial charge < -0.3 is 14.6 Å². The van der Waals surface area contributed by atoms with Crippen molar-refractivity contribution in [3.8, 4) is 16.9 Å². The molecular formula is C25H22FN3O2. The third-order valence-electron chi connectivity index (χ3n) is 5.71. The lowest BCUT2D eigenvalue weighted by Gasteiger charge is -2.32. The number of rotatable bonds is 4. The number of piperidine rings is 1. The molecule has 0 atom stereocenters.